The van der Waals surface area contributed by atoms with Crippen LogP contribution in [0.15, 0.2) is 279 Å². The van der Waals surface area contributed by atoms with E-state index < -0.39 is 0 Å². The second-order valence-corrected chi connectivity index (χ2v) is 19.7. The van der Waals surface area contributed by atoms with Gasteiger partial charge in [-0.05, 0) is 121 Å². The van der Waals surface area contributed by atoms with E-state index >= 15 is 0 Å². The summed E-state index contributed by atoms with van der Waals surface area (Å²) >= 11 is 0. The van der Waals surface area contributed by atoms with E-state index in [2.05, 4.69) is 308 Å². The molecule has 0 aliphatic carbocycles. The van der Waals surface area contributed by atoms with Gasteiger partial charge in [-0.2, -0.15) is 0 Å². The third-order valence-corrected chi connectivity index (χ3v) is 15.6. The Hall–Kier alpha value is -10.3. The highest BCUT2D eigenvalue weighted by Crippen LogP contribution is 2.60. The number of aromatic nitrogens is 2. The molecular formula is C70H46N6. The molecule has 16 rings (SSSR count). The molecule has 2 aliphatic heterocycles. The SMILES string of the molecule is c1ccc(N2c3ccccc3N(c3cccc4c(N5c6ccccc6N(c6ccccc6)c6cc7c8ccccc8n(-c8ccccc8)c7cc65)cccc34)c3cc4c(cc32)c2ccccc2n4-c2ccccc2)cc1. The van der Waals surface area contributed by atoms with Crippen molar-refractivity contribution < 1.29 is 0 Å². The van der Waals surface area contributed by atoms with Crippen LogP contribution in [-0.4, -0.2) is 9.13 Å². The molecule has 0 fully saturated rings. The molecule has 0 saturated heterocycles. The minimum atomic E-state index is 1.09. The summed E-state index contributed by atoms with van der Waals surface area (Å²) in [6.07, 6.45) is 0. The number of anilines is 12. The molecule has 14 aromatic rings. The summed E-state index contributed by atoms with van der Waals surface area (Å²) < 4.78 is 4.85. The number of para-hydroxylation sites is 10. The van der Waals surface area contributed by atoms with E-state index in [1.165, 1.54) is 32.6 Å². The number of benzene rings is 12. The molecule has 4 heterocycles. The van der Waals surface area contributed by atoms with E-state index in [1.807, 2.05) is 0 Å². The van der Waals surface area contributed by atoms with Gasteiger partial charge in [0, 0.05) is 55.1 Å². The smallest absolute Gasteiger partial charge is 0.0724 e. The first kappa shape index (κ1) is 42.2. The maximum absolute atomic E-state index is 2.51. The van der Waals surface area contributed by atoms with Gasteiger partial charge in [-0.3, -0.25) is 0 Å². The van der Waals surface area contributed by atoms with Crippen LogP contribution in [-0.2, 0) is 0 Å². The summed E-state index contributed by atoms with van der Waals surface area (Å²) in [7, 11) is 0. The van der Waals surface area contributed by atoms with Gasteiger partial charge < -0.3 is 28.7 Å². The second-order valence-electron chi connectivity index (χ2n) is 19.7. The molecule has 2 aliphatic rings. The molecule has 0 spiro atoms. The van der Waals surface area contributed by atoms with Crippen molar-refractivity contribution in [3.8, 4) is 11.4 Å². The number of nitrogens with zero attached hydrogens (tertiary/aromatic N) is 6. The van der Waals surface area contributed by atoms with Crippen LogP contribution in [0, 0.1) is 0 Å². The summed E-state index contributed by atoms with van der Waals surface area (Å²) in [6.45, 7) is 0. The van der Waals surface area contributed by atoms with Crippen molar-refractivity contribution in [2.45, 2.75) is 0 Å². The molecule has 2 aromatic heterocycles. The van der Waals surface area contributed by atoms with Gasteiger partial charge in [0.05, 0.1) is 78.9 Å². The minimum absolute atomic E-state index is 1.09. The molecular weight excluding hydrogens is 925 g/mol. The molecule has 0 unspecified atom stereocenters. The Bertz CT molecular complexity index is 4310. The van der Waals surface area contributed by atoms with Crippen molar-refractivity contribution in [2.24, 2.45) is 0 Å². The zero-order valence-corrected chi connectivity index (χ0v) is 41.2. The molecule has 356 valence electrons. The van der Waals surface area contributed by atoms with Crippen molar-refractivity contribution in [2.75, 3.05) is 19.6 Å². The van der Waals surface area contributed by atoms with Crippen molar-refractivity contribution in [1.82, 2.24) is 9.13 Å². The Morgan fingerprint density at radius 2 is 0.447 bits per heavy atom. The lowest BCUT2D eigenvalue weighted by molar-refractivity contribution is 1.16. The highest BCUT2D eigenvalue weighted by Gasteiger charge is 2.36. The lowest BCUT2D eigenvalue weighted by atomic mass is 9.98. The van der Waals surface area contributed by atoms with E-state index in [9.17, 15) is 0 Å². The van der Waals surface area contributed by atoms with Gasteiger partial charge in [0.25, 0.3) is 0 Å². The van der Waals surface area contributed by atoms with Crippen LogP contribution >= 0.6 is 0 Å². The third-order valence-electron chi connectivity index (χ3n) is 15.6. The highest BCUT2D eigenvalue weighted by atomic mass is 15.3. The molecule has 6 heteroatoms. The quantitative estimate of drug-likeness (QED) is 0.166. The number of fused-ring (bicyclic) bond motifs is 11. The predicted molar refractivity (Wildman–Crippen MR) is 318 cm³/mol. The Kier molecular flexibility index (Phi) is 9.23. The van der Waals surface area contributed by atoms with Crippen LogP contribution in [0.3, 0.4) is 0 Å². The molecule has 0 amide bonds. The molecule has 0 saturated carbocycles. The van der Waals surface area contributed by atoms with Gasteiger partial charge in [0.2, 0.25) is 0 Å². The lowest BCUT2D eigenvalue weighted by Gasteiger charge is -2.42. The van der Waals surface area contributed by atoms with E-state index in [1.54, 1.807) is 0 Å². The Balaban J connectivity index is 0.972. The summed E-state index contributed by atoms with van der Waals surface area (Å²) in [5, 5.41) is 7.11. The Morgan fingerprint density at radius 3 is 0.842 bits per heavy atom. The van der Waals surface area contributed by atoms with Gasteiger partial charge in [-0.25, -0.2) is 0 Å². The van der Waals surface area contributed by atoms with Crippen molar-refractivity contribution in [1.29, 1.82) is 0 Å². The fraction of sp³-hybridized carbons (Fsp3) is 0. The van der Waals surface area contributed by atoms with Crippen LogP contribution in [0.25, 0.3) is 65.8 Å². The van der Waals surface area contributed by atoms with E-state index in [-0.39, 0.29) is 0 Å². The standard InChI is InChI=1S/C70H46N6/c1-5-23-47(24-6-1)71-57-35-15-13-31-53(57)55-43-67-69(45-65(55)71)75(63-39-19-17-37-61(63)73(67)49-27-9-3-10-28-49)59-41-21-34-52-51(59)33-22-42-60(52)76-64-40-20-18-38-62(64)74(50-29-11-4-12-30-50)68-44-56-54-32-14-16-36-58(54)72(66(56)46-70(68)76)48-25-7-2-8-26-48/h1-46H. The van der Waals surface area contributed by atoms with Crippen LogP contribution < -0.4 is 19.6 Å². The van der Waals surface area contributed by atoms with Crippen molar-refractivity contribution >= 4 is 123 Å². The van der Waals surface area contributed by atoms with Crippen LogP contribution in [0.2, 0.25) is 0 Å². The minimum Gasteiger partial charge on any atom is -0.309 e. The molecule has 0 radical (unpaired) electrons. The molecule has 0 N–H and O–H groups in total. The molecule has 0 bridgehead atoms. The molecule has 6 nitrogen and oxygen atoms in total. The van der Waals surface area contributed by atoms with Crippen LogP contribution in [0.5, 0.6) is 0 Å². The largest absolute Gasteiger partial charge is 0.309 e. The lowest BCUT2D eigenvalue weighted by Crippen LogP contribution is -2.25. The molecule has 0 atom stereocenters. The van der Waals surface area contributed by atoms with Crippen molar-refractivity contribution in [3.05, 3.63) is 279 Å². The molecule has 12 aromatic carbocycles. The first-order chi connectivity index (χ1) is 37.8. The number of hydrogen-bond donors (Lipinski definition) is 0. The maximum Gasteiger partial charge on any atom is 0.0724 e. The van der Waals surface area contributed by atoms with E-state index in [0.29, 0.717) is 0 Å². The average Bonchev–Trinajstić information content (AvgIpc) is 4.18. The highest BCUT2D eigenvalue weighted by molar-refractivity contribution is 6.19. The fourth-order valence-corrected chi connectivity index (χ4v) is 12.5. The van der Waals surface area contributed by atoms with Crippen molar-refractivity contribution in [3.63, 3.8) is 0 Å². The van der Waals surface area contributed by atoms with Gasteiger partial charge in [-0.15, -0.1) is 0 Å². The Morgan fingerprint density at radius 1 is 0.158 bits per heavy atom. The number of hydrogen-bond acceptors (Lipinski definition) is 4. The normalized spacial score (nSPS) is 12.9. The zero-order valence-electron chi connectivity index (χ0n) is 41.2. The van der Waals surface area contributed by atoms with Crippen LogP contribution in [0.1, 0.15) is 0 Å². The zero-order chi connectivity index (χ0) is 49.8. The Labute approximate surface area is 439 Å². The van der Waals surface area contributed by atoms with Gasteiger partial charge in [0.15, 0.2) is 0 Å². The van der Waals surface area contributed by atoms with E-state index in [4.69, 9.17) is 0 Å². The average molecular weight is 971 g/mol. The molecule has 76 heavy (non-hydrogen) atoms. The first-order valence-electron chi connectivity index (χ1n) is 26.0. The van der Waals surface area contributed by atoms with E-state index in [0.717, 1.165) is 101 Å². The summed E-state index contributed by atoms with van der Waals surface area (Å²) in [6, 6.07) is 102. The predicted octanol–water partition coefficient (Wildman–Crippen LogP) is 19.5. The van der Waals surface area contributed by atoms with Gasteiger partial charge in [0.1, 0.15) is 0 Å². The van der Waals surface area contributed by atoms with Gasteiger partial charge in [-0.1, -0.05) is 158 Å². The third kappa shape index (κ3) is 6.16. The first-order valence-corrected chi connectivity index (χ1v) is 26.0. The maximum atomic E-state index is 2.51. The van der Waals surface area contributed by atoms with Gasteiger partial charge >= 0.3 is 0 Å². The summed E-state index contributed by atoms with van der Waals surface area (Å²) in [5.41, 5.74) is 20.1. The van der Waals surface area contributed by atoms with Crippen LogP contribution in [0.4, 0.5) is 68.2 Å². The second kappa shape index (κ2) is 16.6. The summed E-state index contributed by atoms with van der Waals surface area (Å²) in [5.74, 6) is 0. The monoisotopic (exact) mass is 970 g/mol. The topological polar surface area (TPSA) is 22.8 Å². The number of rotatable bonds is 6. The fourth-order valence-electron chi connectivity index (χ4n) is 12.5. The summed E-state index contributed by atoms with van der Waals surface area (Å²) in [4.78, 5) is 9.92.